The van der Waals surface area contributed by atoms with Gasteiger partial charge < -0.3 is 15.5 Å². The molecule has 1 unspecified atom stereocenters. The first-order valence-corrected chi connectivity index (χ1v) is 5.38. The maximum atomic E-state index is 3.57. The first-order valence-electron chi connectivity index (χ1n) is 5.38. The Labute approximate surface area is 81.9 Å². The lowest BCUT2D eigenvalue weighted by Gasteiger charge is -2.12. The van der Waals surface area contributed by atoms with Gasteiger partial charge in [0.25, 0.3) is 0 Å². The van der Waals surface area contributed by atoms with Gasteiger partial charge in [0.15, 0.2) is 0 Å². The van der Waals surface area contributed by atoms with Crippen molar-refractivity contribution in [2.45, 2.75) is 25.3 Å². The molecule has 0 radical (unpaired) electrons. The number of rotatable bonds is 6. The van der Waals surface area contributed by atoms with E-state index in [1.54, 1.807) is 0 Å². The van der Waals surface area contributed by atoms with Gasteiger partial charge in [-0.15, -0.1) is 0 Å². The number of nitrogens with zero attached hydrogens (tertiary/aromatic N) is 1. The first kappa shape index (κ1) is 11.0. The summed E-state index contributed by atoms with van der Waals surface area (Å²) in [5.41, 5.74) is 0. The summed E-state index contributed by atoms with van der Waals surface area (Å²) in [6.45, 7) is 4.74. The second kappa shape index (κ2) is 6.35. The van der Waals surface area contributed by atoms with Crippen LogP contribution < -0.4 is 10.6 Å². The summed E-state index contributed by atoms with van der Waals surface area (Å²) in [6.07, 6.45) is 3.91. The fourth-order valence-corrected chi connectivity index (χ4v) is 1.69. The van der Waals surface area contributed by atoms with Gasteiger partial charge in [0.1, 0.15) is 0 Å². The van der Waals surface area contributed by atoms with Gasteiger partial charge in [0, 0.05) is 12.6 Å². The van der Waals surface area contributed by atoms with Gasteiger partial charge in [-0.25, -0.2) is 0 Å². The Morgan fingerprint density at radius 2 is 2.23 bits per heavy atom. The fraction of sp³-hybridized carbons (Fsp3) is 1.00. The molecular formula is C10H23N3. The van der Waals surface area contributed by atoms with Gasteiger partial charge in [0.05, 0.1) is 0 Å². The Morgan fingerprint density at radius 3 is 2.85 bits per heavy atom. The Kier molecular flexibility index (Phi) is 5.35. The third-order valence-corrected chi connectivity index (χ3v) is 2.53. The van der Waals surface area contributed by atoms with Crippen molar-refractivity contribution in [2.75, 3.05) is 40.3 Å². The predicted molar refractivity (Wildman–Crippen MR) is 57.1 cm³/mol. The monoisotopic (exact) mass is 185 g/mol. The highest BCUT2D eigenvalue weighted by Gasteiger charge is 2.12. The molecule has 0 amide bonds. The highest BCUT2D eigenvalue weighted by Crippen LogP contribution is 1.97. The van der Waals surface area contributed by atoms with E-state index in [4.69, 9.17) is 0 Å². The van der Waals surface area contributed by atoms with Crippen LogP contribution in [0.2, 0.25) is 0 Å². The molecule has 2 N–H and O–H groups in total. The minimum absolute atomic E-state index is 0.736. The number of hydrogen-bond donors (Lipinski definition) is 2. The van der Waals surface area contributed by atoms with Crippen LogP contribution in [0.15, 0.2) is 0 Å². The summed E-state index contributed by atoms with van der Waals surface area (Å²) >= 11 is 0. The van der Waals surface area contributed by atoms with Crippen molar-refractivity contribution in [3.63, 3.8) is 0 Å². The molecule has 0 saturated carbocycles. The summed E-state index contributed by atoms with van der Waals surface area (Å²) in [7, 11) is 4.27. The maximum absolute atomic E-state index is 3.57. The van der Waals surface area contributed by atoms with Crippen molar-refractivity contribution in [2.24, 2.45) is 0 Å². The van der Waals surface area contributed by atoms with E-state index in [0.717, 1.165) is 12.6 Å². The molecule has 0 aromatic rings. The minimum Gasteiger partial charge on any atom is -0.315 e. The van der Waals surface area contributed by atoms with E-state index in [9.17, 15) is 0 Å². The summed E-state index contributed by atoms with van der Waals surface area (Å²) in [5.74, 6) is 0. The van der Waals surface area contributed by atoms with Crippen molar-refractivity contribution in [3.8, 4) is 0 Å². The largest absolute Gasteiger partial charge is 0.315 e. The molecule has 0 spiro atoms. The van der Waals surface area contributed by atoms with Crippen LogP contribution in [0.1, 0.15) is 19.3 Å². The third-order valence-electron chi connectivity index (χ3n) is 2.53. The zero-order valence-electron chi connectivity index (χ0n) is 8.97. The fourth-order valence-electron chi connectivity index (χ4n) is 1.69. The van der Waals surface area contributed by atoms with Crippen LogP contribution in [0, 0.1) is 0 Å². The van der Waals surface area contributed by atoms with Crippen molar-refractivity contribution < 1.29 is 0 Å². The Morgan fingerprint density at radius 1 is 1.38 bits per heavy atom. The van der Waals surface area contributed by atoms with Crippen LogP contribution in [-0.4, -0.2) is 51.2 Å². The molecule has 0 aromatic heterocycles. The molecule has 1 aliphatic heterocycles. The van der Waals surface area contributed by atoms with Gasteiger partial charge in [-0.1, -0.05) is 0 Å². The van der Waals surface area contributed by atoms with E-state index < -0.39 is 0 Å². The lowest BCUT2D eigenvalue weighted by atomic mass is 10.2. The lowest BCUT2D eigenvalue weighted by Crippen LogP contribution is -2.31. The molecule has 78 valence electrons. The number of nitrogens with one attached hydrogen (secondary N) is 2. The van der Waals surface area contributed by atoms with E-state index in [1.165, 1.54) is 38.9 Å². The molecule has 3 nitrogen and oxygen atoms in total. The molecule has 1 fully saturated rings. The average Bonchev–Trinajstić information content (AvgIpc) is 2.55. The second-order valence-electron chi connectivity index (χ2n) is 4.15. The van der Waals surface area contributed by atoms with E-state index in [0.29, 0.717) is 0 Å². The van der Waals surface area contributed by atoms with Crippen LogP contribution in [0.4, 0.5) is 0 Å². The van der Waals surface area contributed by atoms with Gasteiger partial charge in [-0.2, -0.15) is 0 Å². The normalized spacial score (nSPS) is 22.8. The van der Waals surface area contributed by atoms with Gasteiger partial charge >= 0.3 is 0 Å². The Bertz CT molecular complexity index is 119. The average molecular weight is 185 g/mol. The molecular weight excluding hydrogens is 162 g/mol. The second-order valence-corrected chi connectivity index (χ2v) is 4.15. The molecule has 1 aliphatic rings. The van der Waals surface area contributed by atoms with Crippen LogP contribution in [0.25, 0.3) is 0 Å². The molecule has 1 heterocycles. The highest BCUT2D eigenvalue weighted by molar-refractivity contribution is 4.76. The summed E-state index contributed by atoms with van der Waals surface area (Å²) in [6, 6.07) is 0.736. The zero-order valence-corrected chi connectivity index (χ0v) is 8.97. The van der Waals surface area contributed by atoms with Crippen LogP contribution in [0.5, 0.6) is 0 Å². The Balaban J connectivity index is 1.83. The van der Waals surface area contributed by atoms with Crippen molar-refractivity contribution in [3.05, 3.63) is 0 Å². The lowest BCUT2D eigenvalue weighted by molar-refractivity contribution is 0.388. The van der Waals surface area contributed by atoms with E-state index >= 15 is 0 Å². The molecule has 1 atom stereocenters. The minimum atomic E-state index is 0.736. The number of hydrogen-bond acceptors (Lipinski definition) is 3. The van der Waals surface area contributed by atoms with Crippen LogP contribution >= 0.6 is 0 Å². The summed E-state index contributed by atoms with van der Waals surface area (Å²) in [4.78, 5) is 2.25. The molecule has 13 heavy (non-hydrogen) atoms. The van der Waals surface area contributed by atoms with E-state index in [2.05, 4.69) is 29.6 Å². The zero-order chi connectivity index (χ0) is 9.52. The van der Waals surface area contributed by atoms with Crippen molar-refractivity contribution >= 4 is 0 Å². The Hall–Kier alpha value is -0.120. The van der Waals surface area contributed by atoms with Crippen LogP contribution in [0.3, 0.4) is 0 Å². The summed E-state index contributed by atoms with van der Waals surface area (Å²) in [5, 5.41) is 6.94. The molecule has 0 bridgehead atoms. The SMILES string of the molecule is CN(C)CCCCNC1CCNC1. The molecule has 1 rings (SSSR count). The molecule has 3 heteroatoms. The van der Waals surface area contributed by atoms with E-state index in [1.807, 2.05) is 0 Å². The van der Waals surface area contributed by atoms with Gasteiger partial charge in [0.2, 0.25) is 0 Å². The predicted octanol–water partition coefficient (Wildman–Crippen LogP) is 0.280. The molecule has 0 aromatic carbocycles. The topological polar surface area (TPSA) is 27.3 Å². The van der Waals surface area contributed by atoms with E-state index in [-0.39, 0.29) is 0 Å². The summed E-state index contributed by atoms with van der Waals surface area (Å²) < 4.78 is 0. The molecule has 0 aliphatic carbocycles. The van der Waals surface area contributed by atoms with Crippen LogP contribution in [-0.2, 0) is 0 Å². The quantitative estimate of drug-likeness (QED) is 0.582. The van der Waals surface area contributed by atoms with Crippen molar-refractivity contribution in [1.29, 1.82) is 0 Å². The molecule has 1 saturated heterocycles. The smallest absolute Gasteiger partial charge is 0.0204 e. The standard InChI is InChI=1S/C10H23N3/c1-13(2)8-4-3-6-12-10-5-7-11-9-10/h10-12H,3-9H2,1-2H3. The van der Waals surface area contributed by atoms with Gasteiger partial charge in [-0.3, -0.25) is 0 Å². The first-order chi connectivity index (χ1) is 6.29. The van der Waals surface area contributed by atoms with Crippen molar-refractivity contribution in [1.82, 2.24) is 15.5 Å². The third kappa shape index (κ3) is 5.24. The highest BCUT2D eigenvalue weighted by atomic mass is 15.0. The van der Waals surface area contributed by atoms with Gasteiger partial charge in [-0.05, 0) is 53.0 Å². The maximum Gasteiger partial charge on any atom is 0.0204 e. The number of unbranched alkanes of at least 4 members (excludes halogenated alkanes) is 1.